The van der Waals surface area contributed by atoms with E-state index in [0.717, 1.165) is 0 Å². The maximum atomic E-state index is 12.3. The summed E-state index contributed by atoms with van der Waals surface area (Å²) in [5, 5.41) is 12.6. The zero-order chi connectivity index (χ0) is 17.0. The molecular weight excluding hydrogens is 302 g/mol. The molecule has 8 heteroatoms. The minimum absolute atomic E-state index is 0.124. The van der Waals surface area contributed by atoms with E-state index in [-0.39, 0.29) is 24.1 Å². The molecule has 2 rings (SSSR count). The van der Waals surface area contributed by atoms with Crippen LogP contribution in [0, 0.1) is 0 Å². The van der Waals surface area contributed by atoms with Gasteiger partial charge in [-0.05, 0) is 31.2 Å². The minimum atomic E-state index is -1.04. The number of rotatable bonds is 6. The number of benzene rings is 1. The van der Waals surface area contributed by atoms with Crippen LogP contribution in [-0.2, 0) is 11.3 Å². The first kappa shape index (κ1) is 16.6. The largest absolute Gasteiger partial charge is 0.478 e. The van der Waals surface area contributed by atoms with Crippen molar-refractivity contribution in [3.05, 3.63) is 47.1 Å². The molecule has 2 aromatic rings. The van der Waals surface area contributed by atoms with E-state index in [1.54, 1.807) is 14.0 Å². The Morgan fingerprint density at radius 2 is 1.91 bits per heavy atom. The molecular formula is C15H17N3O5. The predicted molar refractivity (Wildman–Crippen MR) is 78.9 cm³/mol. The van der Waals surface area contributed by atoms with Crippen LogP contribution in [-0.4, -0.2) is 46.2 Å². The molecule has 0 aliphatic heterocycles. The van der Waals surface area contributed by atoms with E-state index < -0.39 is 5.97 Å². The predicted octanol–water partition coefficient (Wildman–Crippen LogP) is 1.75. The van der Waals surface area contributed by atoms with Crippen molar-refractivity contribution in [3.63, 3.8) is 0 Å². The van der Waals surface area contributed by atoms with Crippen molar-refractivity contribution < 1.29 is 24.0 Å². The Balaban J connectivity index is 2.04. The third-order valence-corrected chi connectivity index (χ3v) is 3.30. The highest BCUT2D eigenvalue weighted by atomic mass is 16.5. The quantitative estimate of drug-likeness (QED) is 0.864. The molecule has 0 saturated carbocycles. The number of carbonyl (C=O) groups is 2. The molecule has 23 heavy (non-hydrogen) atoms. The topological polar surface area (TPSA) is 106 Å². The zero-order valence-corrected chi connectivity index (χ0v) is 13.0. The molecule has 0 radical (unpaired) electrons. The molecule has 0 aliphatic rings. The van der Waals surface area contributed by atoms with Crippen LogP contribution in [0.15, 0.2) is 28.8 Å². The molecule has 0 fully saturated rings. The summed E-state index contributed by atoms with van der Waals surface area (Å²) >= 11 is 0. The lowest BCUT2D eigenvalue weighted by Gasteiger charge is -2.14. The first-order chi connectivity index (χ1) is 10.9. The summed E-state index contributed by atoms with van der Waals surface area (Å²) in [6, 6.07) is 5.70. The first-order valence-electron chi connectivity index (χ1n) is 6.86. The van der Waals surface area contributed by atoms with Gasteiger partial charge in [-0.15, -0.1) is 0 Å². The van der Waals surface area contributed by atoms with Crippen molar-refractivity contribution in [2.75, 3.05) is 14.2 Å². The summed E-state index contributed by atoms with van der Waals surface area (Å²) < 4.78 is 10.2. The van der Waals surface area contributed by atoms with Crippen molar-refractivity contribution in [1.82, 2.24) is 15.0 Å². The molecule has 1 aromatic carbocycles. The van der Waals surface area contributed by atoms with Crippen LogP contribution in [0.5, 0.6) is 0 Å². The number of carbonyl (C=O) groups excluding carboxylic acids is 1. The van der Waals surface area contributed by atoms with Crippen LogP contribution in [0.1, 0.15) is 45.5 Å². The lowest BCUT2D eigenvalue weighted by atomic mass is 10.1. The molecule has 1 aromatic heterocycles. The Hall–Kier alpha value is -2.74. The van der Waals surface area contributed by atoms with E-state index >= 15 is 0 Å². The van der Waals surface area contributed by atoms with Gasteiger partial charge in [-0.2, -0.15) is 4.98 Å². The summed E-state index contributed by atoms with van der Waals surface area (Å²) in [5.74, 6) is -0.611. The SMILES string of the molecule is COC(C)c1noc(CN(C)C(=O)c2ccc(C(=O)O)cc2)n1. The van der Waals surface area contributed by atoms with Gasteiger partial charge < -0.3 is 19.3 Å². The van der Waals surface area contributed by atoms with Crippen molar-refractivity contribution in [1.29, 1.82) is 0 Å². The first-order valence-corrected chi connectivity index (χ1v) is 6.86. The molecule has 122 valence electrons. The molecule has 1 atom stereocenters. The average Bonchev–Trinajstić information content (AvgIpc) is 3.01. The number of methoxy groups -OCH3 is 1. The van der Waals surface area contributed by atoms with E-state index in [2.05, 4.69) is 10.1 Å². The minimum Gasteiger partial charge on any atom is -0.478 e. The summed E-state index contributed by atoms with van der Waals surface area (Å²) in [5.41, 5.74) is 0.502. The van der Waals surface area contributed by atoms with Crippen LogP contribution >= 0.6 is 0 Å². The Labute approximate surface area is 132 Å². The highest BCUT2D eigenvalue weighted by molar-refractivity contribution is 5.95. The molecule has 1 heterocycles. The number of ether oxygens (including phenoxy) is 1. The highest BCUT2D eigenvalue weighted by Gasteiger charge is 2.18. The number of carboxylic acids is 1. The number of aromatic nitrogens is 2. The van der Waals surface area contributed by atoms with Gasteiger partial charge in [0.2, 0.25) is 5.89 Å². The van der Waals surface area contributed by atoms with Crippen molar-refractivity contribution in [2.45, 2.75) is 19.6 Å². The van der Waals surface area contributed by atoms with Gasteiger partial charge in [0, 0.05) is 19.7 Å². The smallest absolute Gasteiger partial charge is 0.335 e. The number of aromatic carboxylic acids is 1. The number of carboxylic acid groups (broad SMARTS) is 1. The van der Waals surface area contributed by atoms with Gasteiger partial charge in [0.25, 0.3) is 5.91 Å². The van der Waals surface area contributed by atoms with Crippen LogP contribution in [0.4, 0.5) is 0 Å². The van der Waals surface area contributed by atoms with Gasteiger partial charge in [0.1, 0.15) is 6.10 Å². The van der Waals surface area contributed by atoms with Crippen LogP contribution in [0.3, 0.4) is 0 Å². The molecule has 0 spiro atoms. The summed E-state index contributed by atoms with van der Waals surface area (Å²) in [6.07, 6.45) is -0.294. The molecule has 8 nitrogen and oxygen atoms in total. The fourth-order valence-corrected chi connectivity index (χ4v) is 1.85. The fourth-order valence-electron chi connectivity index (χ4n) is 1.85. The second-order valence-corrected chi connectivity index (χ2v) is 4.97. The van der Waals surface area contributed by atoms with Gasteiger partial charge >= 0.3 is 5.97 Å². The molecule has 0 bridgehead atoms. The molecule has 1 unspecified atom stereocenters. The Morgan fingerprint density at radius 1 is 1.30 bits per heavy atom. The van der Waals surface area contributed by atoms with Crippen LogP contribution in [0.2, 0.25) is 0 Å². The van der Waals surface area contributed by atoms with Crippen molar-refractivity contribution in [3.8, 4) is 0 Å². The maximum absolute atomic E-state index is 12.3. The number of nitrogens with zero attached hydrogens (tertiary/aromatic N) is 3. The Morgan fingerprint density at radius 3 is 2.48 bits per heavy atom. The maximum Gasteiger partial charge on any atom is 0.335 e. The van der Waals surface area contributed by atoms with Gasteiger partial charge in [-0.1, -0.05) is 5.16 Å². The Kier molecular flexibility index (Phi) is 5.07. The highest BCUT2D eigenvalue weighted by Crippen LogP contribution is 2.13. The second-order valence-electron chi connectivity index (χ2n) is 4.97. The van der Waals surface area contributed by atoms with Crippen molar-refractivity contribution >= 4 is 11.9 Å². The van der Waals surface area contributed by atoms with Gasteiger partial charge in [0.15, 0.2) is 5.82 Å². The third-order valence-electron chi connectivity index (χ3n) is 3.30. The number of hydrogen-bond donors (Lipinski definition) is 1. The summed E-state index contributed by atoms with van der Waals surface area (Å²) in [4.78, 5) is 28.7. The lowest BCUT2D eigenvalue weighted by molar-refractivity contribution is 0.0694. The van der Waals surface area contributed by atoms with Crippen LogP contribution < -0.4 is 0 Å². The number of hydrogen-bond acceptors (Lipinski definition) is 6. The van der Waals surface area contributed by atoms with Gasteiger partial charge in [-0.3, -0.25) is 4.79 Å². The van der Waals surface area contributed by atoms with Crippen LogP contribution in [0.25, 0.3) is 0 Å². The normalized spacial score (nSPS) is 12.0. The monoisotopic (exact) mass is 319 g/mol. The Bertz CT molecular complexity index is 695. The molecule has 1 N–H and O–H groups in total. The second kappa shape index (κ2) is 7.01. The average molecular weight is 319 g/mol. The van der Waals surface area contributed by atoms with Crippen molar-refractivity contribution in [2.24, 2.45) is 0 Å². The summed E-state index contributed by atoms with van der Waals surface area (Å²) in [6.45, 7) is 1.93. The van der Waals surface area contributed by atoms with E-state index in [1.165, 1.54) is 36.3 Å². The third kappa shape index (κ3) is 3.92. The van der Waals surface area contributed by atoms with E-state index in [1.807, 2.05) is 0 Å². The van der Waals surface area contributed by atoms with E-state index in [0.29, 0.717) is 17.3 Å². The zero-order valence-electron chi connectivity index (χ0n) is 13.0. The fraction of sp³-hybridized carbons (Fsp3) is 0.333. The van der Waals surface area contributed by atoms with E-state index in [9.17, 15) is 9.59 Å². The number of amides is 1. The lowest BCUT2D eigenvalue weighted by Crippen LogP contribution is -2.26. The van der Waals surface area contributed by atoms with E-state index in [4.69, 9.17) is 14.4 Å². The molecule has 1 amide bonds. The van der Waals surface area contributed by atoms with Gasteiger partial charge in [-0.25, -0.2) is 4.79 Å². The van der Waals surface area contributed by atoms with Gasteiger partial charge in [0.05, 0.1) is 12.1 Å². The molecule has 0 saturated heterocycles. The molecule has 0 aliphatic carbocycles. The standard InChI is InChI=1S/C15H17N3O5/c1-9(22-3)13-16-12(23-17-13)8-18(2)14(19)10-4-6-11(7-5-10)15(20)21/h4-7,9H,8H2,1-3H3,(H,20,21). The summed E-state index contributed by atoms with van der Waals surface area (Å²) in [7, 11) is 3.13.